The molecule has 2 atom stereocenters. The molecule has 1 amide bonds. The van der Waals surface area contributed by atoms with Crippen molar-refractivity contribution in [1.82, 2.24) is 9.99 Å². The number of carbonyl (C=O) groups excluding carboxylic acids is 1. The Bertz CT molecular complexity index is 624. The number of hydrogen-bond donors (Lipinski definition) is 1. The monoisotopic (exact) mass is 457 g/mol. The van der Waals surface area contributed by atoms with Gasteiger partial charge in [-0.15, -0.1) is 0 Å². The predicted octanol–water partition coefficient (Wildman–Crippen LogP) is 4.09. The summed E-state index contributed by atoms with van der Waals surface area (Å²) in [7, 11) is -1.30. The first-order chi connectivity index (χ1) is 14.8. The van der Waals surface area contributed by atoms with E-state index in [2.05, 4.69) is 55.6 Å². The van der Waals surface area contributed by atoms with Gasteiger partial charge in [0, 0.05) is 31.5 Å². The number of halogens is 1. The molecule has 1 aliphatic rings. The van der Waals surface area contributed by atoms with Crippen LogP contribution < -0.4 is 5.32 Å². The molecule has 0 radical (unpaired) electrons. The molecule has 9 heteroatoms. The smallest absolute Gasteiger partial charge is 0.270 e. The first kappa shape index (κ1) is 27.8. The predicted molar refractivity (Wildman–Crippen MR) is 120 cm³/mol. The summed E-state index contributed by atoms with van der Waals surface area (Å²) in [6.07, 6.45) is 3.59. The van der Waals surface area contributed by atoms with Crippen molar-refractivity contribution in [2.24, 2.45) is 0 Å². The summed E-state index contributed by atoms with van der Waals surface area (Å²) >= 11 is 0. The van der Waals surface area contributed by atoms with Gasteiger partial charge in [0.25, 0.3) is 14.4 Å². The lowest BCUT2D eigenvalue weighted by atomic mass is 9.94. The van der Waals surface area contributed by atoms with Gasteiger partial charge in [-0.05, 0) is 40.5 Å². The molecule has 1 N–H and O–H groups in total. The lowest BCUT2D eigenvalue weighted by Crippen LogP contribution is -2.44. The number of carbonyl (C=O) groups is 1. The maximum atomic E-state index is 14.8. The molecule has 176 valence electrons. The Hall–Kier alpha value is -1.28. The molecule has 2 unspecified atom stereocenters. The molecule has 1 aliphatic carbocycles. The van der Waals surface area contributed by atoms with Gasteiger partial charge in [-0.2, -0.15) is 5.26 Å². The fourth-order valence-electron chi connectivity index (χ4n) is 3.16. The average Bonchev–Trinajstić information content (AvgIpc) is 2.69. The van der Waals surface area contributed by atoms with Crippen LogP contribution in [0.15, 0.2) is 0 Å². The lowest BCUT2D eigenvalue weighted by molar-refractivity contribution is -0.130. The second-order valence-corrected chi connectivity index (χ2v) is 9.37. The molecule has 1 rings (SSSR count). The second kappa shape index (κ2) is 15.5. The maximum Gasteiger partial charge on any atom is 0.270 e. The van der Waals surface area contributed by atoms with Gasteiger partial charge in [-0.25, -0.2) is 9.06 Å². The van der Waals surface area contributed by atoms with E-state index in [-0.39, 0.29) is 31.7 Å². The van der Waals surface area contributed by atoms with Crippen molar-refractivity contribution in [3.63, 3.8) is 0 Å². The van der Waals surface area contributed by atoms with E-state index in [1.54, 1.807) is 0 Å². The fraction of sp³-hybridized carbons (Fsp3) is 0.818. The van der Waals surface area contributed by atoms with Gasteiger partial charge in [0.05, 0.1) is 38.9 Å². The number of nitriles is 1. The quantitative estimate of drug-likeness (QED) is 0.240. The first-order valence-corrected chi connectivity index (χ1v) is 12.2. The Kier molecular flexibility index (Phi) is 13.9. The minimum absolute atomic E-state index is 0.137. The van der Waals surface area contributed by atoms with Crippen molar-refractivity contribution in [2.45, 2.75) is 84.0 Å². The van der Waals surface area contributed by atoms with Crippen LogP contribution in [-0.2, 0) is 18.6 Å². The zero-order valence-corrected chi connectivity index (χ0v) is 20.2. The third-order valence-corrected chi connectivity index (χ3v) is 6.70. The van der Waals surface area contributed by atoms with Crippen LogP contribution in [0.1, 0.15) is 66.2 Å². The summed E-state index contributed by atoms with van der Waals surface area (Å²) in [5.41, 5.74) is -2.10. The van der Waals surface area contributed by atoms with Crippen molar-refractivity contribution in [2.75, 3.05) is 33.0 Å². The van der Waals surface area contributed by atoms with Gasteiger partial charge in [0.15, 0.2) is 0 Å². The van der Waals surface area contributed by atoms with Crippen LogP contribution in [0.5, 0.6) is 0 Å². The number of nitrogens with zero attached hydrogens (tertiary/aromatic N) is 2. The van der Waals surface area contributed by atoms with Gasteiger partial charge in [0.1, 0.15) is 0 Å². The van der Waals surface area contributed by atoms with Gasteiger partial charge in [0.2, 0.25) is 5.67 Å². The molecule has 0 aromatic heterocycles. The van der Waals surface area contributed by atoms with Crippen LogP contribution >= 0.6 is 8.53 Å². The Morgan fingerprint density at radius 2 is 1.87 bits per heavy atom. The van der Waals surface area contributed by atoms with E-state index >= 15 is 0 Å². The standard InChI is InChI=1S/C22H37FN3O4P/c1-19(2)26(20(3)4)31(29-15-10-13-24)30-18-17-28-16-14-25-21(27)22(23)11-8-6-5-7-9-12-22/h19-20H,5-8,10-11,14-18H2,1-4H3,(H,25,27). The number of alkyl halides is 1. The lowest BCUT2D eigenvalue weighted by Gasteiger charge is -2.35. The van der Waals surface area contributed by atoms with E-state index in [4.69, 9.17) is 19.0 Å². The molecule has 0 aromatic rings. The highest BCUT2D eigenvalue weighted by atomic mass is 31.2. The van der Waals surface area contributed by atoms with Crippen molar-refractivity contribution in [3.8, 4) is 17.9 Å². The van der Waals surface area contributed by atoms with Crippen molar-refractivity contribution < 1.29 is 23.0 Å². The van der Waals surface area contributed by atoms with Gasteiger partial charge in [-0.1, -0.05) is 18.3 Å². The molecule has 0 aromatic carbocycles. The molecule has 31 heavy (non-hydrogen) atoms. The highest BCUT2D eigenvalue weighted by Crippen LogP contribution is 2.45. The van der Waals surface area contributed by atoms with Gasteiger partial charge in [-0.3, -0.25) is 4.79 Å². The SMILES string of the molecule is CC(C)N(C(C)C)P(OCCC#N)OCCOCCNC(=O)C1(F)C#CCCCCC1. The maximum absolute atomic E-state index is 14.8. The molecule has 0 heterocycles. The molecular weight excluding hydrogens is 420 g/mol. The summed E-state index contributed by atoms with van der Waals surface area (Å²) in [5.74, 6) is 4.58. The van der Waals surface area contributed by atoms with E-state index in [9.17, 15) is 9.18 Å². The van der Waals surface area contributed by atoms with Crippen LogP contribution in [0.3, 0.4) is 0 Å². The molecule has 7 nitrogen and oxygen atoms in total. The summed E-state index contributed by atoms with van der Waals surface area (Å²) in [5, 5.41) is 11.3. The summed E-state index contributed by atoms with van der Waals surface area (Å²) in [4.78, 5) is 12.2. The molecule has 0 bridgehead atoms. The largest absolute Gasteiger partial charge is 0.377 e. The van der Waals surface area contributed by atoms with E-state index in [1.807, 2.05) is 0 Å². The number of nitrogens with one attached hydrogen (secondary N) is 1. The van der Waals surface area contributed by atoms with Crippen LogP contribution in [0.2, 0.25) is 0 Å². The normalized spacial score (nSPS) is 20.0. The highest BCUT2D eigenvalue weighted by Gasteiger charge is 2.36. The van der Waals surface area contributed by atoms with Crippen LogP contribution in [-0.4, -0.2) is 61.3 Å². The minimum atomic E-state index is -2.10. The number of hydrogen-bond acceptors (Lipinski definition) is 6. The third-order valence-electron chi connectivity index (χ3n) is 4.59. The number of rotatable bonds is 14. The van der Waals surface area contributed by atoms with Gasteiger partial charge < -0.3 is 19.1 Å². The van der Waals surface area contributed by atoms with E-state index < -0.39 is 20.1 Å². The first-order valence-electron chi connectivity index (χ1n) is 11.1. The molecule has 0 aliphatic heterocycles. The summed E-state index contributed by atoms with van der Waals surface area (Å²) in [6.45, 7) is 9.72. The minimum Gasteiger partial charge on any atom is -0.377 e. The molecular formula is C22H37FN3O4P. The fourth-order valence-corrected chi connectivity index (χ4v) is 4.73. The third kappa shape index (κ3) is 10.7. The molecule has 0 saturated carbocycles. The Morgan fingerprint density at radius 1 is 1.16 bits per heavy atom. The van der Waals surface area contributed by atoms with Crippen LogP contribution in [0, 0.1) is 23.2 Å². The molecule has 0 fully saturated rings. The zero-order valence-electron chi connectivity index (χ0n) is 19.3. The van der Waals surface area contributed by atoms with E-state index in [0.717, 1.165) is 12.8 Å². The van der Waals surface area contributed by atoms with Crippen molar-refractivity contribution in [3.05, 3.63) is 0 Å². The molecule has 0 spiro atoms. The van der Waals surface area contributed by atoms with Crippen molar-refractivity contribution in [1.29, 1.82) is 5.26 Å². The number of ether oxygens (including phenoxy) is 1. The average molecular weight is 458 g/mol. The van der Waals surface area contributed by atoms with E-state index in [0.29, 0.717) is 39.1 Å². The zero-order chi connectivity index (χ0) is 23.1. The highest BCUT2D eigenvalue weighted by molar-refractivity contribution is 7.44. The Labute approximate surface area is 187 Å². The van der Waals surface area contributed by atoms with Crippen molar-refractivity contribution >= 4 is 14.4 Å². The van der Waals surface area contributed by atoms with Gasteiger partial charge >= 0.3 is 0 Å². The Balaban J connectivity index is 2.34. The summed E-state index contributed by atoms with van der Waals surface area (Å²) < 4.78 is 34.1. The number of amides is 1. The molecule has 0 saturated heterocycles. The Morgan fingerprint density at radius 3 is 2.55 bits per heavy atom. The summed E-state index contributed by atoms with van der Waals surface area (Å²) in [6, 6.07) is 2.53. The topological polar surface area (TPSA) is 83.8 Å². The second-order valence-electron chi connectivity index (χ2n) is 7.91. The van der Waals surface area contributed by atoms with E-state index in [1.165, 1.54) is 0 Å². The van der Waals surface area contributed by atoms with Crippen LogP contribution in [0.4, 0.5) is 4.39 Å². The van der Waals surface area contributed by atoms with Crippen LogP contribution in [0.25, 0.3) is 0 Å².